The molecule has 3 aromatic rings. The summed E-state index contributed by atoms with van der Waals surface area (Å²) in [6.45, 7) is 7.90. The number of nitrogens with zero attached hydrogens (tertiary/aromatic N) is 5. The summed E-state index contributed by atoms with van der Waals surface area (Å²) >= 11 is 0. The zero-order valence-electron chi connectivity index (χ0n) is 15.6. The number of nitro benzene ring substituents is 1. The van der Waals surface area contributed by atoms with Crippen LogP contribution in [0.3, 0.4) is 0 Å². The van der Waals surface area contributed by atoms with Crippen LogP contribution in [0, 0.1) is 10.1 Å². The summed E-state index contributed by atoms with van der Waals surface area (Å²) in [5, 5.41) is 11.2. The molecule has 0 unspecified atom stereocenters. The smallest absolute Gasteiger partial charge is 0.278 e. The maximum Gasteiger partial charge on any atom is 0.278 e. The van der Waals surface area contributed by atoms with E-state index < -0.39 is 4.92 Å². The summed E-state index contributed by atoms with van der Waals surface area (Å²) in [5.74, 6) is 0.557. The summed E-state index contributed by atoms with van der Waals surface area (Å²) in [6.07, 6.45) is 1.52. The molecule has 1 aromatic heterocycles. The topological polar surface area (TPSA) is 76.6 Å². The Kier molecular flexibility index (Phi) is 5.93. The average Bonchev–Trinajstić information content (AvgIpc) is 3.05. The normalized spacial score (nSPS) is 11.7. The maximum atomic E-state index is 11.2. The zero-order valence-corrected chi connectivity index (χ0v) is 15.6. The van der Waals surface area contributed by atoms with Crippen molar-refractivity contribution < 1.29 is 4.92 Å². The van der Waals surface area contributed by atoms with Gasteiger partial charge in [-0.1, -0.05) is 38.1 Å². The molecule has 1 heterocycles. The van der Waals surface area contributed by atoms with Crippen LogP contribution >= 0.6 is 0 Å². The van der Waals surface area contributed by atoms with Gasteiger partial charge in [-0.3, -0.25) is 10.1 Å². The summed E-state index contributed by atoms with van der Waals surface area (Å²) in [6, 6.07) is 14.5. The molecule has 0 spiro atoms. The van der Waals surface area contributed by atoms with Crippen LogP contribution in [0.4, 0.5) is 11.6 Å². The first-order valence-electron chi connectivity index (χ1n) is 9.09. The molecule has 0 aliphatic carbocycles. The third-order valence-corrected chi connectivity index (χ3v) is 4.62. The van der Waals surface area contributed by atoms with Gasteiger partial charge in [-0.15, -0.1) is 0 Å². The molecule has 27 heavy (non-hydrogen) atoms. The van der Waals surface area contributed by atoms with Crippen LogP contribution in [0.2, 0.25) is 0 Å². The molecule has 0 N–H and O–H groups in total. The molecule has 0 saturated heterocycles. The fraction of sp³-hybridized carbons (Fsp3) is 0.300. The highest BCUT2D eigenvalue weighted by atomic mass is 16.6. The van der Waals surface area contributed by atoms with Gasteiger partial charge in [-0.25, -0.2) is 9.98 Å². The zero-order chi connectivity index (χ0) is 19.2. The molecule has 0 aliphatic heterocycles. The van der Waals surface area contributed by atoms with Crippen LogP contribution in [0.25, 0.3) is 11.0 Å². The van der Waals surface area contributed by atoms with Crippen molar-refractivity contribution in [1.82, 2.24) is 14.5 Å². The highest BCUT2D eigenvalue weighted by Crippen LogP contribution is 2.23. The first-order valence-corrected chi connectivity index (χ1v) is 9.09. The van der Waals surface area contributed by atoms with Crippen molar-refractivity contribution in [2.24, 2.45) is 4.99 Å². The van der Waals surface area contributed by atoms with Gasteiger partial charge in [0.1, 0.15) is 0 Å². The summed E-state index contributed by atoms with van der Waals surface area (Å²) in [7, 11) is 0. The molecule has 0 saturated carbocycles. The number of hydrogen-bond acceptors (Lipinski definition) is 5. The van der Waals surface area contributed by atoms with E-state index in [1.807, 2.05) is 24.3 Å². The maximum absolute atomic E-state index is 11.2. The van der Waals surface area contributed by atoms with Gasteiger partial charge in [0.05, 0.1) is 21.5 Å². The van der Waals surface area contributed by atoms with E-state index in [2.05, 4.69) is 33.3 Å². The first-order chi connectivity index (χ1) is 13.1. The molecular weight excluding hydrogens is 342 g/mol. The van der Waals surface area contributed by atoms with Gasteiger partial charge in [0.2, 0.25) is 5.95 Å². The standard InChI is InChI=1S/C20H23N5O2/c1-3-23(4-2)13-14-24-19-12-8-6-10-17(19)22-20(24)21-15-16-9-5-7-11-18(16)25(26)27/h5-12,15H,3-4,13-14H2,1-2H3. The van der Waals surface area contributed by atoms with Crippen molar-refractivity contribution in [3.05, 3.63) is 64.2 Å². The predicted molar refractivity (Wildman–Crippen MR) is 108 cm³/mol. The van der Waals surface area contributed by atoms with Gasteiger partial charge in [0.25, 0.3) is 5.69 Å². The van der Waals surface area contributed by atoms with Gasteiger partial charge >= 0.3 is 0 Å². The van der Waals surface area contributed by atoms with E-state index in [1.54, 1.807) is 18.2 Å². The van der Waals surface area contributed by atoms with E-state index in [1.165, 1.54) is 12.3 Å². The number of nitro groups is 1. The fourth-order valence-electron chi connectivity index (χ4n) is 3.05. The van der Waals surface area contributed by atoms with E-state index in [0.29, 0.717) is 11.5 Å². The molecule has 140 valence electrons. The molecule has 0 radical (unpaired) electrons. The molecule has 0 atom stereocenters. The molecule has 2 aromatic carbocycles. The van der Waals surface area contributed by atoms with Gasteiger partial charge in [0.15, 0.2) is 0 Å². The number of aromatic nitrogens is 2. The minimum Gasteiger partial charge on any atom is -0.307 e. The van der Waals surface area contributed by atoms with Crippen LogP contribution in [-0.2, 0) is 6.54 Å². The van der Waals surface area contributed by atoms with E-state index in [0.717, 1.165) is 37.2 Å². The second-order valence-corrected chi connectivity index (χ2v) is 6.15. The Bertz CT molecular complexity index is 960. The fourth-order valence-corrected chi connectivity index (χ4v) is 3.05. The SMILES string of the molecule is CCN(CC)CCn1c(N=Cc2ccccc2[N+](=O)[O-])nc2ccccc21. The van der Waals surface area contributed by atoms with Crippen molar-refractivity contribution in [2.45, 2.75) is 20.4 Å². The Morgan fingerprint density at radius 1 is 1.15 bits per heavy atom. The van der Waals surface area contributed by atoms with Crippen molar-refractivity contribution in [2.75, 3.05) is 19.6 Å². The first kappa shape index (κ1) is 18.7. The van der Waals surface area contributed by atoms with E-state index >= 15 is 0 Å². The number of aliphatic imine (C=N–C) groups is 1. The molecule has 7 heteroatoms. The number of fused-ring (bicyclic) bond motifs is 1. The van der Waals surface area contributed by atoms with E-state index in [9.17, 15) is 10.1 Å². The van der Waals surface area contributed by atoms with Crippen LogP contribution in [0.1, 0.15) is 19.4 Å². The molecular formula is C20H23N5O2. The van der Waals surface area contributed by atoms with E-state index in [-0.39, 0.29) is 5.69 Å². The Hall–Kier alpha value is -3.06. The third-order valence-electron chi connectivity index (χ3n) is 4.62. The molecule has 0 fully saturated rings. The number of benzene rings is 2. The van der Waals surface area contributed by atoms with Gasteiger partial charge in [-0.2, -0.15) is 0 Å². The molecule has 0 aliphatic rings. The summed E-state index contributed by atoms with van der Waals surface area (Å²) in [5.41, 5.74) is 2.38. The third kappa shape index (κ3) is 4.20. The van der Waals surface area contributed by atoms with Crippen molar-refractivity contribution in [1.29, 1.82) is 0 Å². The average molecular weight is 365 g/mol. The van der Waals surface area contributed by atoms with Gasteiger partial charge in [0, 0.05) is 25.4 Å². The molecule has 0 amide bonds. The van der Waals surface area contributed by atoms with Crippen LogP contribution < -0.4 is 0 Å². The second kappa shape index (κ2) is 8.55. The Morgan fingerprint density at radius 2 is 1.85 bits per heavy atom. The van der Waals surface area contributed by atoms with Crippen molar-refractivity contribution >= 4 is 28.9 Å². The van der Waals surface area contributed by atoms with Crippen LogP contribution in [-0.4, -0.2) is 45.2 Å². The quantitative estimate of drug-likeness (QED) is 0.343. The summed E-state index contributed by atoms with van der Waals surface area (Å²) < 4.78 is 2.07. The minimum absolute atomic E-state index is 0.0343. The monoisotopic (exact) mass is 365 g/mol. The lowest BCUT2D eigenvalue weighted by Crippen LogP contribution is -2.26. The van der Waals surface area contributed by atoms with Crippen LogP contribution in [0.5, 0.6) is 0 Å². The lowest BCUT2D eigenvalue weighted by atomic mass is 10.2. The van der Waals surface area contributed by atoms with Crippen LogP contribution in [0.15, 0.2) is 53.5 Å². The minimum atomic E-state index is -0.398. The number of hydrogen-bond donors (Lipinski definition) is 0. The van der Waals surface area contributed by atoms with E-state index in [4.69, 9.17) is 0 Å². The Labute approximate surface area is 158 Å². The summed E-state index contributed by atoms with van der Waals surface area (Å²) in [4.78, 5) is 22.2. The lowest BCUT2D eigenvalue weighted by Gasteiger charge is -2.18. The Balaban J connectivity index is 1.96. The number of rotatable bonds is 8. The van der Waals surface area contributed by atoms with Crippen molar-refractivity contribution in [3.8, 4) is 0 Å². The largest absolute Gasteiger partial charge is 0.307 e. The second-order valence-electron chi connectivity index (χ2n) is 6.15. The molecule has 3 rings (SSSR count). The van der Waals surface area contributed by atoms with Gasteiger partial charge in [-0.05, 0) is 31.3 Å². The van der Waals surface area contributed by atoms with Gasteiger partial charge < -0.3 is 9.47 Å². The lowest BCUT2D eigenvalue weighted by molar-refractivity contribution is -0.385. The number of imidazole rings is 1. The highest BCUT2D eigenvalue weighted by Gasteiger charge is 2.13. The number of likely N-dealkylation sites (N-methyl/N-ethyl adjacent to an activating group) is 1. The highest BCUT2D eigenvalue weighted by molar-refractivity contribution is 5.87. The Morgan fingerprint density at radius 3 is 2.59 bits per heavy atom. The number of para-hydroxylation sites is 3. The predicted octanol–water partition coefficient (Wildman–Crippen LogP) is 4.04. The molecule has 0 bridgehead atoms. The van der Waals surface area contributed by atoms with Crippen molar-refractivity contribution in [3.63, 3.8) is 0 Å². The molecule has 7 nitrogen and oxygen atoms in total.